The molecule has 1 unspecified atom stereocenters. The van der Waals surface area contributed by atoms with Crippen molar-refractivity contribution >= 4 is 17.8 Å². The molecule has 7 heteroatoms. The molecule has 0 aliphatic carbocycles. The quantitative estimate of drug-likeness (QED) is 0.613. The maximum Gasteiger partial charge on any atom is 0.410 e. The SMILES string of the molecule is CCOC(=O)C(N)(C(C)=O)C1CCN(C(=O)OCc2ccccc2)CC1. The standard InChI is InChI=1S/C19H26N2O5/c1-3-25-17(23)19(20,14(2)22)16-9-11-21(12-10-16)18(24)26-13-15-7-5-4-6-8-15/h4-8,16H,3,9-13,20H2,1-2H3. The molecule has 1 aliphatic heterocycles. The fourth-order valence-electron chi connectivity index (χ4n) is 3.18. The van der Waals surface area contributed by atoms with E-state index in [0.29, 0.717) is 25.9 Å². The molecule has 0 aromatic heterocycles. The molecule has 2 rings (SSSR count). The molecule has 1 fully saturated rings. The van der Waals surface area contributed by atoms with Crippen LogP contribution in [-0.4, -0.2) is 48.0 Å². The zero-order chi connectivity index (χ0) is 19.2. The highest BCUT2D eigenvalue weighted by Gasteiger charge is 2.49. The van der Waals surface area contributed by atoms with Crippen LogP contribution in [0.1, 0.15) is 32.3 Å². The third-order valence-corrected chi connectivity index (χ3v) is 4.80. The Labute approximate surface area is 153 Å². The Morgan fingerprint density at radius 2 is 1.77 bits per heavy atom. The molecule has 1 aliphatic rings. The molecule has 0 bridgehead atoms. The van der Waals surface area contributed by atoms with E-state index in [1.54, 1.807) is 11.8 Å². The molecule has 26 heavy (non-hydrogen) atoms. The predicted molar refractivity (Wildman–Crippen MR) is 95.2 cm³/mol. The highest BCUT2D eigenvalue weighted by atomic mass is 16.6. The fourth-order valence-corrected chi connectivity index (χ4v) is 3.18. The second-order valence-electron chi connectivity index (χ2n) is 6.45. The predicted octanol–water partition coefficient (Wildman–Crippen LogP) is 1.88. The van der Waals surface area contributed by atoms with Gasteiger partial charge >= 0.3 is 12.1 Å². The summed E-state index contributed by atoms with van der Waals surface area (Å²) in [6, 6.07) is 9.43. The second kappa shape index (κ2) is 8.80. The molecule has 2 N–H and O–H groups in total. The second-order valence-corrected chi connectivity index (χ2v) is 6.45. The minimum absolute atomic E-state index is 0.162. The van der Waals surface area contributed by atoms with Crippen LogP contribution in [-0.2, 0) is 25.7 Å². The number of ether oxygens (including phenoxy) is 2. The summed E-state index contributed by atoms with van der Waals surface area (Å²) >= 11 is 0. The maximum atomic E-state index is 12.2. The molecule has 142 valence electrons. The maximum absolute atomic E-state index is 12.2. The number of carbonyl (C=O) groups is 3. The average Bonchev–Trinajstić information content (AvgIpc) is 2.66. The number of carbonyl (C=O) groups excluding carboxylic acids is 3. The van der Waals surface area contributed by atoms with Gasteiger partial charge in [-0.25, -0.2) is 9.59 Å². The van der Waals surface area contributed by atoms with Crippen molar-refractivity contribution in [1.29, 1.82) is 0 Å². The topological polar surface area (TPSA) is 98.9 Å². The molecule has 0 saturated carbocycles. The van der Waals surface area contributed by atoms with Crippen molar-refractivity contribution in [3.05, 3.63) is 35.9 Å². The average molecular weight is 362 g/mol. The van der Waals surface area contributed by atoms with Gasteiger partial charge in [0, 0.05) is 13.1 Å². The van der Waals surface area contributed by atoms with Crippen LogP contribution >= 0.6 is 0 Å². The van der Waals surface area contributed by atoms with Crippen LogP contribution in [0.4, 0.5) is 4.79 Å². The summed E-state index contributed by atoms with van der Waals surface area (Å²) in [5.41, 5.74) is 5.40. The molecular weight excluding hydrogens is 336 g/mol. The van der Waals surface area contributed by atoms with Crippen LogP contribution in [0, 0.1) is 5.92 Å². The van der Waals surface area contributed by atoms with Gasteiger partial charge in [0.25, 0.3) is 0 Å². The number of likely N-dealkylation sites (tertiary alicyclic amines) is 1. The van der Waals surface area contributed by atoms with E-state index in [2.05, 4.69) is 0 Å². The van der Waals surface area contributed by atoms with Crippen molar-refractivity contribution in [3.63, 3.8) is 0 Å². The van der Waals surface area contributed by atoms with Gasteiger partial charge in [0.05, 0.1) is 6.61 Å². The van der Waals surface area contributed by atoms with Crippen LogP contribution in [0.25, 0.3) is 0 Å². The van der Waals surface area contributed by atoms with Crippen molar-refractivity contribution in [2.24, 2.45) is 11.7 Å². The van der Waals surface area contributed by atoms with E-state index in [1.807, 2.05) is 30.3 Å². The van der Waals surface area contributed by atoms with Crippen LogP contribution in [0.5, 0.6) is 0 Å². The molecule has 0 radical (unpaired) electrons. The number of benzene rings is 1. The van der Waals surface area contributed by atoms with Crippen LogP contribution in [0.3, 0.4) is 0 Å². The third-order valence-electron chi connectivity index (χ3n) is 4.80. The number of nitrogens with two attached hydrogens (primary N) is 1. The van der Waals surface area contributed by atoms with Crippen LogP contribution in [0.15, 0.2) is 30.3 Å². The highest BCUT2D eigenvalue weighted by Crippen LogP contribution is 2.29. The Bertz CT molecular complexity index is 641. The molecule has 1 amide bonds. The minimum atomic E-state index is -1.66. The molecule has 1 heterocycles. The lowest BCUT2D eigenvalue weighted by atomic mass is 9.76. The van der Waals surface area contributed by atoms with Crippen molar-refractivity contribution in [3.8, 4) is 0 Å². The fraction of sp³-hybridized carbons (Fsp3) is 0.526. The molecule has 1 saturated heterocycles. The Morgan fingerprint density at radius 1 is 1.15 bits per heavy atom. The zero-order valence-electron chi connectivity index (χ0n) is 15.3. The minimum Gasteiger partial charge on any atom is -0.464 e. The first-order valence-electron chi connectivity index (χ1n) is 8.82. The van der Waals surface area contributed by atoms with Crippen molar-refractivity contribution in [2.45, 2.75) is 38.8 Å². The van der Waals surface area contributed by atoms with E-state index >= 15 is 0 Å². The normalized spacial score (nSPS) is 17.3. The van der Waals surface area contributed by atoms with Crippen molar-refractivity contribution in [2.75, 3.05) is 19.7 Å². The van der Waals surface area contributed by atoms with E-state index < -0.39 is 23.4 Å². The Balaban J connectivity index is 1.91. The summed E-state index contributed by atoms with van der Waals surface area (Å²) < 4.78 is 10.3. The summed E-state index contributed by atoms with van der Waals surface area (Å²) in [4.78, 5) is 38.0. The Kier molecular flexibility index (Phi) is 6.74. The first kappa shape index (κ1) is 19.9. The molecule has 1 aromatic carbocycles. The van der Waals surface area contributed by atoms with E-state index in [0.717, 1.165) is 5.56 Å². The van der Waals surface area contributed by atoms with Gasteiger partial charge in [-0.2, -0.15) is 0 Å². The summed E-state index contributed by atoms with van der Waals surface area (Å²) in [6.45, 7) is 4.10. The molecule has 1 aromatic rings. The molecule has 0 spiro atoms. The number of Topliss-reactive ketones (excluding diaryl/α,β-unsaturated/α-hetero) is 1. The largest absolute Gasteiger partial charge is 0.464 e. The van der Waals surface area contributed by atoms with Gasteiger partial charge in [-0.1, -0.05) is 30.3 Å². The number of amides is 1. The lowest BCUT2D eigenvalue weighted by molar-refractivity contribution is -0.156. The smallest absolute Gasteiger partial charge is 0.410 e. The van der Waals surface area contributed by atoms with E-state index in [4.69, 9.17) is 15.2 Å². The number of piperidine rings is 1. The van der Waals surface area contributed by atoms with Gasteiger partial charge in [0.1, 0.15) is 6.61 Å². The number of hydrogen-bond acceptors (Lipinski definition) is 6. The van der Waals surface area contributed by atoms with Gasteiger partial charge in [0.15, 0.2) is 11.3 Å². The summed E-state index contributed by atoms with van der Waals surface area (Å²) in [5.74, 6) is -1.48. The van der Waals surface area contributed by atoms with Gasteiger partial charge in [-0.05, 0) is 38.2 Å². The Hall–Kier alpha value is -2.41. The molecular formula is C19H26N2O5. The third kappa shape index (κ3) is 4.40. The monoisotopic (exact) mass is 362 g/mol. The van der Waals surface area contributed by atoms with Crippen LogP contribution in [0.2, 0.25) is 0 Å². The lowest BCUT2D eigenvalue weighted by Crippen LogP contribution is -2.62. The van der Waals surface area contributed by atoms with E-state index in [9.17, 15) is 14.4 Å². The number of rotatable bonds is 6. The Morgan fingerprint density at radius 3 is 2.31 bits per heavy atom. The molecule has 1 atom stereocenters. The van der Waals surface area contributed by atoms with Gasteiger partial charge in [0.2, 0.25) is 0 Å². The first-order chi connectivity index (χ1) is 12.4. The van der Waals surface area contributed by atoms with E-state index in [-0.39, 0.29) is 19.1 Å². The lowest BCUT2D eigenvalue weighted by Gasteiger charge is -2.38. The summed E-state index contributed by atoms with van der Waals surface area (Å²) in [5, 5.41) is 0. The first-order valence-corrected chi connectivity index (χ1v) is 8.82. The van der Waals surface area contributed by atoms with E-state index in [1.165, 1.54) is 6.92 Å². The highest BCUT2D eigenvalue weighted by molar-refractivity contribution is 6.07. The van der Waals surface area contributed by atoms with Gasteiger partial charge in [-0.3, -0.25) is 4.79 Å². The number of ketones is 1. The summed E-state index contributed by atoms with van der Waals surface area (Å²) in [6.07, 6.45) is 0.471. The molecule has 7 nitrogen and oxygen atoms in total. The van der Waals surface area contributed by atoms with Crippen molar-refractivity contribution < 1.29 is 23.9 Å². The zero-order valence-corrected chi connectivity index (χ0v) is 15.3. The van der Waals surface area contributed by atoms with Crippen molar-refractivity contribution in [1.82, 2.24) is 4.90 Å². The van der Waals surface area contributed by atoms with Gasteiger partial charge < -0.3 is 20.1 Å². The van der Waals surface area contributed by atoms with Crippen LogP contribution < -0.4 is 5.73 Å². The van der Waals surface area contributed by atoms with Gasteiger partial charge in [-0.15, -0.1) is 0 Å². The summed E-state index contributed by atoms with van der Waals surface area (Å²) in [7, 11) is 0. The number of esters is 1. The number of nitrogens with zero attached hydrogens (tertiary/aromatic N) is 1. The number of hydrogen-bond donors (Lipinski definition) is 1.